The molecule has 0 aliphatic heterocycles. The smallest absolute Gasteiger partial charge is 0.368 e. The number of hydrogen-bond acceptors (Lipinski definition) is 3. The predicted octanol–water partition coefficient (Wildman–Crippen LogP) is 2.61. The van der Waals surface area contributed by atoms with Crippen molar-refractivity contribution in [1.82, 2.24) is 0 Å². The Hall–Kier alpha value is -2.69. The second kappa shape index (κ2) is 5.97. The van der Waals surface area contributed by atoms with Gasteiger partial charge in [0.1, 0.15) is 5.82 Å². The first kappa shape index (κ1) is 13.7. The maximum absolute atomic E-state index is 13.4. The van der Waals surface area contributed by atoms with Gasteiger partial charge in [0.05, 0.1) is 5.56 Å². The van der Waals surface area contributed by atoms with Gasteiger partial charge in [-0.2, -0.15) is 0 Å². The number of carbonyl (C=O) groups excluding carboxylic acids is 1. The first-order valence-electron chi connectivity index (χ1n) is 5.94. The van der Waals surface area contributed by atoms with Crippen molar-refractivity contribution in [3.8, 4) is 0 Å². The molecule has 0 atom stereocenters. The van der Waals surface area contributed by atoms with Gasteiger partial charge in [-0.25, -0.2) is 9.18 Å². The molecule has 2 rings (SSSR count). The van der Waals surface area contributed by atoms with Crippen molar-refractivity contribution in [3.05, 3.63) is 71.0 Å². The molecule has 20 heavy (non-hydrogen) atoms. The summed E-state index contributed by atoms with van der Waals surface area (Å²) < 4.78 is 13.4. The Balaban J connectivity index is 2.11. The van der Waals surface area contributed by atoms with Crippen molar-refractivity contribution in [3.63, 3.8) is 0 Å². The van der Waals surface area contributed by atoms with Crippen LogP contribution in [0.25, 0.3) is 0 Å². The number of amidine groups is 1. The summed E-state index contributed by atoms with van der Waals surface area (Å²) in [5.41, 5.74) is 7.20. The lowest BCUT2D eigenvalue weighted by Gasteiger charge is -2.02. The zero-order valence-corrected chi connectivity index (χ0v) is 10.8. The molecule has 0 bridgehead atoms. The Bertz CT molecular complexity index is 651. The van der Waals surface area contributed by atoms with E-state index in [4.69, 9.17) is 5.73 Å². The van der Waals surface area contributed by atoms with E-state index >= 15 is 0 Å². The van der Waals surface area contributed by atoms with Gasteiger partial charge in [0.15, 0.2) is 5.84 Å². The maximum atomic E-state index is 13.4. The number of rotatable bonds is 3. The topological polar surface area (TPSA) is 64.7 Å². The first-order chi connectivity index (χ1) is 9.58. The van der Waals surface area contributed by atoms with E-state index < -0.39 is 11.8 Å². The van der Waals surface area contributed by atoms with Gasteiger partial charge in [-0.15, -0.1) is 0 Å². The molecular weight excluding hydrogens is 259 g/mol. The Morgan fingerprint density at radius 3 is 2.45 bits per heavy atom. The monoisotopic (exact) mass is 272 g/mol. The summed E-state index contributed by atoms with van der Waals surface area (Å²) in [4.78, 5) is 16.3. The van der Waals surface area contributed by atoms with E-state index in [-0.39, 0.29) is 11.4 Å². The normalized spacial score (nSPS) is 11.2. The molecule has 2 N–H and O–H groups in total. The number of nitrogens with zero attached hydrogens (tertiary/aromatic N) is 1. The minimum atomic E-state index is -0.891. The second-order valence-electron chi connectivity index (χ2n) is 4.20. The molecule has 0 saturated heterocycles. The minimum Gasteiger partial charge on any atom is -0.380 e. The van der Waals surface area contributed by atoms with Crippen LogP contribution in [0.3, 0.4) is 0 Å². The van der Waals surface area contributed by atoms with Crippen molar-refractivity contribution in [1.29, 1.82) is 0 Å². The number of aryl methyl sites for hydroxylation is 1. The highest BCUT2D eigenvalue weighted by Crippen LogP contribution is 2.08. The highest BCUT2D eigenvalue weighted by Gasteiger charge is 2.12. The molecule has 0 spiro atoms. The van der Waals surface area contributed by atoms with Gasteiger partial charge in [0, 0.05) is 5.56 Å². The van der Waals surface area contributed by atoms with Gasteiger partial charge in [-0.05, 0) is 19.1 Å². The van der Waals surface area contributed by atoms with Crippen molar-refractivity contribution in [2.75, 3.05) is 0 Å². The molecule has 0 radical (unpaired) electrons. The molecule has 0 aliphatic rings. The molecule has 0 heterocycles. The molecule has 0 fully saturated rings. The largest absolute Gasteiger partial charge is 0.380 e. The van der Waals surface area contributed by atoms with E-state index in [1.807, 2.05) is 19.1 Å². The first-order valence-corrected chi connectivity index (χ1v) is 5.94. The van der Waals surface area contributed by atoms with Crippen LogP contribution >= 0.6 is 0 Å². The molecule has 0 unspecified atom stereocenters. The van der Waals surface area contributed by atoms with Crippen molar-refractivity contribution in [2.24, 2.45) is 10.9 Å². The Morgan fingerprint density at radius 2 is 1.80 bits per heavy atom. The van der Waals surface area contributed by atoms with E-state index in [9.17, 15) is 9.18 Å². The van der Waals surface area contributed by atoms with E-state index in [1.54, 1.807) is 12.1 Å². The molecule has 102 valence electrons. The number of nitrogens with two attached hydrogens (primary N) is 1. The van der Waals surface area contributed by atoms with E-state index in [1.165, 1.54) is 24.3 Å². The van der Waals surface area contributed by atoms with Crippen molar-refractivity contribution >= 4 is 11.8 Å². The summed E-state index contributed by atoms with van der Waals surface area (Å²) in [5.74, 6) is -1.51. The summed E-state index contributed by atoms with van der Waals surface area (Å²) in [7, 11) is 0. The van der Waals surface area contributed by atoms with E-state index in [0.29, 0.717) is 5.56 Å². The summed E-state index contributed by atoms with van der Waals surface area (Å²) in [5, 5.41) is 3.52. The molecular formula is C15H13FN2O2. The van der Waals surface area contributed by atoms with Crippen LogP contribution in [0, 0.1) is 12.7 Å². The highest BCUT2D eigenvalue weighted by atomic mass is 19.1. The van der Waals surface area contributed by atoms with Crippen LogP contribution < -0.4 is 5.73 Å². The van der Waals surface area contributed by atoms with Gasteiger partial charge in [-0.1, -0.05) is 47.1 Å². The third kappa shape index (κ3) is 3.20. The number of hydrogen-bond donors (Lipinski definition) is 1. The molecule has 0 amide bonds. The fourth-order valence-electron chi connectivity index (χ4n) is 1.54. The minimum absolute atomic E-state index is 0.0506. The number of oxime groups is 1. The lowest BCUT2D eigenvalue weighted by Crippen LogP contribution is -2.15. The molecule has 0 aromatic heterocycles. The number of halogens is 1. The lowest BCUT2D eigenvalue weighted by molar-refractivity contribution is 0.0510. The van der Waals surface area contributed by atoms with Gasteiger partial charge in [0.2, 0.25) is 0 Å². The molecule has 0 aliphatic carbocycles. The summed E-state index contributed by atoms with van der Waals surface area (Å²) in [6, 6.07) is 12.7. The third-order valence-corrected chi connectivity index (χ3v) is 2.67. The fourth-order valence-corrected chi connectivity index (χ4v) is 1.54. The molecule has 0 saturated carbocycles. The standard InChI is InChI=1S/C15H13FN2O2/c1-10-6-8-11(9-7-10)14(17)18-20-15(19)12-4-2-3-5-13(12)16/h2-9H,1H3,(H2,17,18). The second-order valence-corrected chi connectivity index (χ2v) is 4.20. The number of carbonyl (C=O) groups is 1. The van der Waals surface area contributed by atoms with Crippen LogP contribution in [-0.2, 0) is 4.84 Å². The number of benzene rings is 2. The maximum Gasteiger partial charge on any atom is 0.368 e. The summed E-state index contributed by atoms with van der Waals surface area (Å²) in [6.45, 7) is 1.94. The van der Waals surface area contributed by atoms with E-state index in [0.717, 1.165) is 5.56 Å². The summed E-state index contributed by atoms with van der Waals surface area (Å²) in [6.07, 6.45) is 0. The van der Waals surface area contributed by atoms with Crippen molar-refractivity contribution in [2.45, 2.75) is 6.92 Å². The van der Waals surface area contributed by atoms with Gasteiger partial charge >= 0.3 is 5.97 Å². The Morgan fingerprint density at radius 1 is 1.15 bits per heavy atom. The van der Waals surface area contributed by atoms with Gasteiger partial charge < -0.3 is 10.6 Å². The predicted molar refractivity (Wildman–Crippen MR) is 73.7 cm³/mol. The Labute approximate surface area is 115 Å². The van der Waals surface area contributed by atoms with Crippen LogP contribution in [0.4, 0.5) is 4.39 Å². The zero-order chi connectivity index (χ0) is 14.5. The average Bonchev–Trinajstić information content (AvgIpc) is 2.45. The molecule has 2 aromatic carbocycles. The van der Waals surface area contributed by atoms with Crippen molar-refractivity contribution < 1.29 is 14.0 Å². The van der Waals surface area contributed by atoms with Crippen LogP contribution in [-0.4, -0.2) is 11.8 Å². The van der Waals surface area contributed by atoms with Crippen LogP contribution in [0.5, 0.6) is 0 Å². The van der Waals surface area contributed by atoms with E-state index in [2.05, 4.69) is 9.99 Å². The highest BCUT2D eigenvalue weighted by molar-refractivity contribution is 5.98. The molecule has 5 heteroatoms. The molecule has 2 aromatic rings. The Kier molecular flexibility index (Phi) is 4.10. The fraction of sp³-hybridized carbons (Fsp3) is 0.0667. The molecule has 4 nitrogen and oxygen atoms in total. The van der Waals surface area contributed by atoms with Gasteiger partial charge in [-0.3, -0.25) is 0 Å². The van der Waals surface area contributed by atoms with Crippen LogP contribution in [0.15, 0.2) is 53.7 Å². The zero-order valence-electron chi connectivity index (χ0n) is 10.8. The van der Waals surface area contributed by atoms with Crippen LogP contribution in [0.2, 0.25) is 0 Å². The summed E-state index contributed by atoms with van der Waals surface area (Å²) >= 11 is 0. The SMILES string of the molecule is Cc1ccc(C(N)=NOC(=O)c2ccccc2F)cc1. The van der Waals surface area contributed by atoms with Gasteiger partial charge in [0.25, 0.3) is 0 Å². The lowest BCUT2D eigenvalue weighted by atomic mass is 10.1. The third-order valence-electron chi connectivity index (χ3n) is 2.67. The quantitative estimate of drug-likeness (QED) is 0.404. The van der Waals surface area contributed by atoms with Crippen LogP contribution in [0.1, 0.15) is 21.5 Å². The average molecular weight is 272 g/mol.